The van der Waals surface area contributed by atoms with E-state index in [-0.39, 0.29) is 0 Å². The van der Waals surface area contributed by atoms with E-state index < -0.39 is 5.97 Å². The summed E-state index contributed by atoms with van der Waals surface area (Å²) in [6, 6.07) is 21.4. The number of hydrogen-bond acceptors (Lipinski definition) is 2. The number of anilines is 1. The Hall–Kier alpha value is -2.81. The lowest BCUT2D eigenvalue weighted by atomic mass is 10.1. The average Bonchev–Trinajstić information content (AvgIpc) is 2.53. The molecule has 21 heavy (non-hydrogen) atoms. The minimum Gasteiger partial charge on any atom is -0.478 e. The molecule has 0 aliphatic carbocycles. The fourth-order valence-electron chi connectivity index (χ4n) is 2.28. The Bertz CT molecular complexity index is 779. The molecule has 0 atom stereocenters. The summed E-state index contributed by atoms with van der Waals surface area (Å²) in [6.45, 7) is 0.706. The van der Waals surface area contributed by atoms with Crippen molar-refractivity contribution in [1.82, 2.24) is 0 Å². The van der Waals surface area contributed by atoms with Crippen LogP contribution < -0.4 is 5.32 Å². The van der Waals surface area contributed by atoms with E-state index in [0.717, 1.165) is 5.69 Å². The van der Waals surface area contributed by atoms with Gasteiger partial charge in [0.2, 0.25) is 0 Å². The summed E-state index contributed by atoms with van der Waals surface area (Å²) in [7, 11) is 0. The van der Waals surface area contributed by atoms with Gasteiger partial charge in [-0.25, -0.2) is 4.79 Å². The van der Waals surface area contributed by atoms with Gasteiger partial charge < -0.3 is 10.4 Å². The number of carboxylic acids is 1. The molecule has 3 rings (SSSR count). The lowest BCUT2D eigenvalue weighted by Gasteiger charge is -2.08. The third-order valence-electron chi connectivity index (χ3n) is 3.44. The standard InChI is InChI=1S/C18H15NO2/c20-18(21)15-7-9-17(10-8-15)19-12-13-5-6-14-3-1-2-4-16(14)11-13/h1-11,19H,12H2,(H,20,21). The third kappa shape index (κ3) is 3.03. The van der Waals surface area contributed by atoms with Crippen LogP contribution in [0.25, 0.3) is 10.8 Å². The second-order valence-corrected chi connectivity index (χ2v) is 4.92. The lowest BCUT2D eigenvalue weighted by Crippen LogP contribution is -2.00. The molecule has 3 nitrogen and oxygen atoms in total. The molecule has 0 aliphatic rings. The number of carboxylic acid groups (broad SMARTS) is 1. The van der Waals surface area contributed by atoms with E-state index in [4.69, 9.17) is 5.11 Å². The first-order chi connectivity index (χ1) is 10.2. The summed E-state index contributed by atoms with van der Waals surface area (Å²) >= 11 is 0. The Balaban J connectivity index is 1.72. The number of rotatable bonds is 4. The van der Waals surface area contributed by atoms with Crippen molar-refractivity contribution in [2.24, 2.45) is 0 Å². The maximum absolute atomic E-state index is 10.8. The molecule has 0 heterocycles. The highest BCUT2D eigenvalue weighted by atomic mass is 16.4. The SMILES string of the molecule is O=C(O)c1ccc(NCc2ccc3ccccc3c2)cc1. The Kier molecular flexibility index (Phi) is 3.56. The first kappa shape index (κ1) is 13.2. The number of nitrogens with one attached hydrogen (secondary N) is 1. The summed E-state index contributed by atoms with van der Waals surface area (Å²) in [5.41, 5.74) is 2.40. The molecule has 0 unspecified atom stereocenters. The van der Waals surface area contributed by atoms with Crippen LogP contribution in [0.5, 0.6) is 0 Å². The van der Waals surface area contributed by atoms with Gasteiger partial charge >= 0.3 is 5.97 Å². The van der Waals surface area contributed by atoms with E-state index in [1.165, 1.54) is 16.3 Å². The lowest BCUT2D eigenvalue weighted by molar-refractivity contribution is 0.0697. The molecule has 2 N–H and O–H groups in total. The molecule has 3 aromatic rings. The normalized spacial score (nSPS) is 10.5. The van der Waals surface area contributed by atoms with Gasteiger partial charge in [0.1, 0.15) is 0 Å². The van der Waals surface area contributed by atoms with Crippen LogP contribution in [0.4, 0.5) is 5.69 Å². The molecular formula is C18H15NO2. The van der Waals surface area contributed by atoms with Gasteiger partial charge in [0.05, 0.1) is 5.56 Å². The van der Waals surface area contributed by atoms with Crippen LogP contribution in [0, 0.1) is 0 Å². The van der Waals surface area contributed by atoms with E-state index in [1.807, 2.05) is 12.1 Å². The van der Waals surface area contributed by atoms with E-state index in [0.29, 0.717) is 12.1 Å². The van der Waals surface area contributed by atoms with Gasteiger partial charge in [-0.1, -0.05) is 36.4 Å². The molecule has 0 bridgehead atoms. The van der Waals surface area contributed by atoms with Crippen LogP contribution in [0.2, 0.25) is 0 Å². The van der Waals surface area contributed by atoms with Crippen molar-refractivity contribution in [2.45, 2.75) is 6.54 Å². The highest BCUT2D eigenvalue weighted by Gasteiger charge is 2.01. The minimum atomic E-state index is -0.906. The van der Waals surface area contributed by atoms with Crippen LogP contribution in [0.3, 0.4) is 0 Å². The average molecular weight is 277 g/mol. The molecule has 0 aromatic heterocycles. The van der Waals surface area contributed by atoms with E-state index in [2.05, 4.69) is 35.6 Å². The maximum Gasteiger partial charge on any atom is 0.335 e. The summed E-state index contributed by atoms with van der Waals surface area (Å²) in [5, 5.41) is 14.6. The van der Waals surface area contributed by atoms with Crippen molar-refractivity contribution in [3.63, 3.8) is 0 Å². The summed E-state index contributed by atoms with van der Waals surface area (Å²) in [6.07, 6.45) is 0. The van der Waals surface area contributed by atoms with Crippen molar-refractivity contribution < 1.29 is 9.90 Å². The summed E-state index contributed by atoms with van der Waals surface area (Å²) < 4.78 is 0. The van der Waals surface area contributed by atoms with Gasteiger partial charge in [0, 0.05) is 12.2 Å². The van der Waals surface area contributed by atoms with E-state index >= 15 is 0 Å². The van der Waals surface area contributed by atoms with Gasteiger partial charge in [-0.3, -0.25) is 0 Å². The smallest absolute Gasteiger partial charge is 0.335 e. The van der Waals surface area contributed by atoms with E-state index in [1.54, 1.807) is 24.3 Å². The summed E-state index contributed by atoms with van der Waals surface area (Å²) in [4.78, 5) is 10.8. The molecule has 3 aromatic carbocycles. The second-order valence-electron chi connectivity index (χ2n) is 4.92. The summed E-state index contributed by atoms with van der Waals surface area (Å²) in [5.74, 6) is -0.906. The van der Waals surface area contributed by atoms with Crippen molar-refractivity contribution in [1.29, 1.82) is 0 Å². The molecule has 0 spiro atoms. The molecule has 0 saturated carbocycles. The predicted octanol–water partition coefficient (Wildman–Crippen LogP) is 4.15. The molecule has 0 amide bonds. The van der Waals surface area contributed by atoms with Gasteiger partial charge in [-0.05, 0) is 46.7 Å². The fourth-order valence-corrected chi connectivity index (χ4v) is 2.28. The monoisotopic (exact) mass is 277 g/mol. The molecule has 0 aliphatic heterocycles. The Morgan fingerprint density at radius 2 is 1.62 bits per heavy atom. The zero-order chi connectivity index (χ0) is 14.7. The van der Waals surface area contributed by atoms with Gasteiger partial charge in [0.15, 0.2) is 0 Å². The van der Waals surface area contributed by atoms with Crippen molar-refractivity contribution in [3.05, 3.63) is 77.9 Å². The van der Waals surface area contributed by atoms with Gasteiger partial charge in [-0.15, -0.1) is 0 Å². The second kappa shape index (κ2) is 5.67. The third-order valence-corrected chi connectivity index (χ3v) is 3.44. The highest BCUT2D eigenvalue weighted by Crippen LogP contribution is 2.17. The van der Waals surface area contributed by atoms with Crippen LogP contribution in [-0.4, -0.2) is 11.1 Å². The fraction of sp³-hybridized carbons (Fsp3) is 0.0556. The minimum absolute atomic E-state index is 0.297. The largest absolute Gasteiger partial charge is 0.478 e. The molecular weight excluding hydrogens is 262 g/mol. The number of fused-ring (bicyclic) bond motifs is 1. The van der Waals surface area contributed by atoms with Crippen LogP contribution in [-0.2, 0) is 6.54 Å². The zero-order valence-corrected chi connectivity index (χ0v) is 11.4. The quantitative estimate of drug-likeness (QED) is 0.753. The predicted molar refractivity (Wildman–Crippen MR) is 84.7 cm³/mol. The Morgan fingerprint density at radius 3 is 2.33 bits per heavy atom. The topological polar surface area (TPSA) is 49.3 Å². The number of benzene rings is 3. The number of hydrogen-bond donors (Lipinski definition) is 2. The van der Waals surface area contributed by atoms with Crippen LogP contribution in [0.1, 0.15) is 15.9 Å². The molecule has 0 radical (unpaired) electrons. The first-order valence-electron chi connectivity index (χ1n) is 6.77. The van der Waals surface area contributed by atoms with Gasteiger partial charge in [-0.2, -0.15) is 0 Å². The van der Waals surface area contributed by atoms with Crippen LogP contribution in [0.15, 0.2) is 66.7 Å². The highest BCUT2D eigenvalue weighted by molar-refractivity contribution is 5.88. The molecule has 3 heteroatoms. The van der Waals surface area contributed by atoms with Gasteiger partial charge in [0.25, 0.3) is 0 Å². The van der Waals surface area contributed by atoms with Crippen molar-refractivity contribution >= 4 is 22.4 Å². The number of carbonyl (C=O) groups is 1. The number of aromatic carboxylic acids is 1. The molecule has 0 fully saturated rings. The Labute approximate surface area is 122 Å². The zero-order valence-electron chi connectivity index (χ0n) is 11.4. The maximum atomic E-state index is 10.8. The Morgan fingerprint density at radius 1 is 0.905 bits per heavy atom. The molecule has 104 valence electrons. The molecule has 0 saturated heterocycles. The van der Waals surface area contributed by atoms with Crippen molar-refractivity contribution in [3.8, 4) is 0 Å². The van der Waals surface area contributed by atoms with Crippen LogP contribution >= 0.6 is 0 Å². The first-order valence-corrected chi connectivity index (χ1v) is 6.77. The van der Waals surface area contributed by atoms with Crippen molar-refractivity contribution in [2.75, 3.05) is 5.32 Å². The van der Waals surface area contributed by atoms with E-state index in [9.17, 15) is 4.79 Å².